The second-order valence-corrected chi connectivity index (χ2v) is 2.77. The minimum atomic E-state index is 0. The molecule has 0 atom stereocenters. The van der Waals surface area contributed by atoms with Gasteiger partial charge in [-0.05, 0) is 0 Å². The Bertz CT molecular complexity index is 38.3. The minimum absolute atomic E-state index is 0. The smallest absolute Gasteiger partial charge is 0.343 e. The van der Waals surface area contributed by atoms with Crippen molar-refractivity contribution >= 4 is 23.1 Å². The number of rotatable bonds is 5. The number of hydrogen-bond acceptors (Lipinski definition) is 0. The third-order valence-corrected chi connectivity index (χ3v) is 1.46. The molecule has 1 heteroatoms. The predicted molar refractivity (Wildman–Crippen MR) is 60.1 cm³/mol. The van der Waals surface area contributed by atoms with Gasteiger partial charge in [0, 0.05) is 0 Å². The molecule has 0 saturated carbocycles. The molecule has 0 heterocycles. The fourth-order valence-electron chi connectivity index (χ4n) is 0.677. The van der Waals surface area contributed by atoms with E-state index in [9.17, 15) is 0 Å². The van der Waals surface area contributed by atoms with E-state index in [-0.39, 0.29) is 23.1 Å². The maximum absolute atomic E-state index is 3.72. The molecule has 0 radical (unpaired) electrons. The Morgan fingerprint density at radius 1 is 0.750 bits per heavy atom. The summed E-state index contributed by atoms with van der Waals surface area (Å²) in [7, 11) is 0. The summed E-state index contributed by atoms with van der Waals surface area (Å²) in [5.74, 6) is 0. The van der Waals surface area contributed by atoms with Crippen LogP contribution in [0.3, 0.4) is 0 Å². The monoisotopic (exact) mass is 180 g/mol. The molecule has 0 aliphatic rings. The Kier molecular flexibility index (Phi) is 34.9. The molecule has 70 valence electrons. The van der Waals surface area contributed by atoms with E-state index in [1.807, 2.05) is 0 Å². The Morgan fingerprint density at radius 2 is 1.17 bits per heavy atom. The molecule has 0 aromatic rings. The van der Waals surface area contributed by atoms with Gasteiger partial charge in [0.05, 0.1) is 0 Å². The zero-order valence-electron chi connectivity index (χ0n) is 9.07. The molecular weight excluding hydrogens is 156 g/mol. The molecule has 0 saturated heterocycles. The topological polar surface area (TPSA) is 0 Å². The third kappa shape index (κ3) is 30.9. The Morgan fingerprint density at radius 3 is 1.25 bits per heavy atom. The summed E-state index contributed by atoms with van der Waals surface area (Å²) in [6.07, 6.45) is 8.73. The summed E-state index contributed by atoms with van der Waals surface area (Å²) < 4.78 is 0. The van der Waals surface area contributed by atoms with Crippen LogP contribution in [0.2, 0.25) is 0 Å². The molecule has 0 aliphatic carbocycles. The average Bonchev–Trinajstić information content (AvgIpc) is 2.04. The first-order chi connectivity index (χ1) is 5.33. The molecule has 12 heavy (non-hydrogen) atoms. The van der Waals surface area contributed by atoms with Crippen LogP contribution in [0.4, 0.5) is 0 Å². The molecule has 0 bridgehead atoms. The van der Waals surface area contributed by atoms with Gasteiger partial charge in [-0.3, -0.25) is 0 Å². The summed E-state index contributed by atoms with van der Waals surface area (Å²) in [5.41, 5.74) is 0. The molecule has 0 fully saturated rings. The largest absolute Gasteiger partial charge is 2.00 e. The average molecular weight is 181 g/mol. The molecule has 0 aromatic heterocycles. The van der Waals surface area contributed by atoms with Crippen LogP contribution in [-0.4, -0.2) is 23.1 Å². The van der Waals surface area contributed by atoms with Gasteiger partial charge >= 0.3 is 23.1 Å². The number of hydrogen-bond donors (Lipinski definition) is 0. The van der Waals surface area contributed by atoms with Gasteiger partial charge in [0.2, 0.25) is 0 Å². The summed E-state index contributed by atoms with van der Waals surface area (Å²) in [6, 6.07) is 0. The van der Waals surface area contributed by atoms with Gasteiger partial charge in [-0.1, -0.05) is 46.0 Å². The van der Waals surface area contributed by atoms with Crippen LogP contribution in [0.15, 0.2) is 0 Å². The summed E-state index contributed by atoms with van der Waals surface area (Å²) in [6.45, 7) is 11.8. The van der Waals surface area contributed by atoms with Crippen LogP contribution >= 0.6 is 0 Å². The fourth-order valence-corrected chi connectivity index (χ4v) is 0.677. The summed E-state index contributed by atoms with van der Waals surface area (Å²) in [4.78, 5) is 0. The van der Waals surface area contributed by atoms with Gasteiger partial charge in [0.15, 0.2) is 0 Å². The quantitative estimate of drug-likeness (QED) is 0.340. The maximum Gasteiger partial charge on any atom is 2.00 e. The van der Waals surface area contributed by atoms with Crippen molar-refractivity contribution in [2.24, 2.45) is 0 Å². The van der Waals surface area contributed by atoms with E-state index in [0.717, 1.165) is 12.8 Å². The molecule has 0 N–H and O–H groups in total. The standard InChI is InChI=1S/C6H13.C5H11.Mg/c1-3-5-6-4-2;1-3-5-4-2;/h1,3-6H2,2H3;1,3-5H2,2H3;/q2*-1;+2. The van der Waals surface area contributed by atoms with Crippen LogP contribution in [0.1, 0.15) is 58.8 Å². The fraction of sp³-hybridized carbons (Fsp3) is 0.818. The molecule has 0 aromatic carbocycles. The van der Waals surface area contributed by atoms with E-state index in [0.29, 0.717) is 0 Å². The van der Waals surface area contributed by atoms with Gasteiger partial charge in [-0.25, -0.2) is 0 Å². The molecule has 0 amide bonds. The van der Waals surface area contributed by atoms with E-state index in [2.05, 4.69) is 27.7 Å². The van der Waals surface area contributed by atoms with Crippen molar-refractivity contribution in [3.8, 4) is 0 Å². The SMILES string of the molecule is [CH2-]CCCC.[CH2-]CCCCC.[Mg+2]. The summed E-state index contributed by atoms with van der Waals surface area (Å²) >= 11 is 0. The summed E-state index contributed by atoms with van der Waals surface area (Å²) in [5, 5.41) is 0. The normalized spacial score (nSPS) is 8.00. The number of unbranched alkanes of at least 4 members (excludes halogenated alkanes) is 5. The first kappa shape index (κ1) is 18.5. The Hall–Kier alpha value is 0.766. The van der Waals surface area contributed by atoms with E-state index < -0.39 is 0 Å². The van der Waals surface area contributed by atoms with Crippen molar-refractivity contribution in [3.05, 3.63) is 13.8 Å². The second-order valence-electron chi connectivity index (χ2n) is 2.77. The second kappa shape index (κ2) is 22.6. The molecule has 0 aliphatic heterocycles. The zero-order chi connectivity index (χ0) is 8.95. The van der Waals surface area contributed by atoms with Crippen molar-refractivity contribution in [1.29, 1.82) is 0 Å². The van der Waals surface area contributed by atoms with E-state index in [1.165, 1.54) is 32.1 Å². The van der Waals surface area contributed by atoms with Gasteiger partial charge < -0.3 is 13.8 Å². The molecule has 0 rings (SSSR count). The van der Waals surface area contributed by atoms with Crippen molar-refractivity contribution in [1.82, 2.24) is 0 Å². The van der Waals surface area contributed by atoms with Crippen molar-refractivity contribution in [2.75, 3.05) is 0 Å². The van der Waals surface area contributed by atoms with Crippen molar-refractivity contribution in [3.63, 3.8) is 0 Å². The van der Waals surface area contributed by atoms with E-state index in [1.54, 1.807) is 0 Å². The molecule has 0 spiro atoms. The third-order valence-electron chi connectivity index (χ3n) is 1.46. The van der Waals surface area contributed by atoms with Gasteiger partial charge in [0.25, 0.3) is 0 Å². The van der Waals surface area contributed by atoms with Crippen molar-refractivity contribution < 1.29 is 0 Å². The Balaban J connectivity index is -0.000000126. The van der Waals surface area contributed by atoms with Crippen LogP contribution in [0, 0.1) is 13.8 Å². The molecule has 0 unspecified atom stereocenters. The van der Waals surface area contributed by atoms with Crippen LogP contribution < -0.4 is 0 Å². The first-order valence-electron chi connectivity index (χ1n) is 4.91. The van der Waals surface area contributed by atoms with Crippen molar-refractivity contribution in [2.45, 2.75) is 58.8 Å². The molecule has 0 nitrogen and oxygen atoms in total. The van der Waals surface area contributed by atoms with Crippen LogP contribution in [0.25, 0.3) is 0 Å². The predicted octanol–water partition coefficient (Wildman–Crippen LogP) is 4.03. The Labute approximate surface area is 95.7 Å². The van der Waals surface area contributed by atoms with Gasteiger partial charge in [-0.15, -0.1) is 0 Å². The van der Waals surface area contributed by atoms with Crippen LogP contribution in [0.5, 0.6) is 0 Å². The van der Waals surface area contributed by atoms with E-state index >= 15 is 0 Å². The first-order valence-corrected chi connectivity index (χ1v) is 4.91. The zero-order valence-corrected chi connectivity index (χ0v) is 10.5. The maximum atomic E-state index is 3.72. The van der Waals surface area contributed by atoms with Crippen LogP contribution in [-0.2, 0) is 0 Å². The van der Waals surface area contributed by atoms with Gasteiger partial charge in [0.1, 0.15) is 0 Å². The van der Waals surface area contributed by atoms with E-state index in [4.69, 9.17) is 0 Å². The minimum Gasteiger partial charge on any atom is -0.343 e. The van der Waals surface area contributed by atoms with Gasteiger partial charge in [-0.2, -0.15) is 12.8 Å². The molecular formula is C11H24Mg.